The van der Waals surface area contributed by atoms with E-state index in [0.29, 0.717) is 0 Å². The van der Waals surface area contributed by atoms with E-state index in [1.165, 1.54) is 7.05 Å². The van der Waals surface area contributed by atoms with Gasteiger partial charge < -0.3 is 5.11 Å². The largest absolute Gasteiger partial charge is 0.476 e. The maximum atomic E-state index is 10.2. The Morgan fingerprint density at radius 1 is 1.70 bits per heavy atom. The third-order valence-electron chi connectivity index (χ3n) is 0.875. The van der Waals surface area contributed by atoms with Crippen LogP contribution in [0.4, 0.5) is 0 Å². The molecule has 0 saturated carbocycles. The average Bonchev–Trinajstić information content (AvgIpc) is 2.10. The van der Waals surface area contributed by atoms with Crippen molar-refractivity contribution in [3.05, 3.63) is 10.8 Å². The molecule has 0 bridgehead atoms. The minimum absolute atomic E-state index is 0.0880. The van der Waals surface area contributed by atoms with Gasteiger partial charge in [-0.1, -0.05) is 11.6 Å². The maximum absolute atomic E-state index is 10.2. The lowest BCUT2D eigenvalue weighted by molar-refractivity contribution is 0.0690. The third kappa shape index (κ3) is 1.08. The molecule has 0 saturated heterocycles. The van der Waals surface area contributed by atoms with Gasteiger partial charge in [-0.15, -0.1) is 10.2 Å². The van der Waals surface area contributed by atoms with E-state index in [-0.39, 0.29) is 10.8 Å². The Labute approximate surface area is 61.2 Å². The van der Waals surface area contributed by atoms with Crippen LogP contribution in [-0.2, 0) is 7.05 Å². The lowest BCUT2D eigenvalue weighted by Crippen LogP contribution is -1.99. The average molecular weight is 162 g/mol. The van der Waals surface area contributed by atoms with Crippen molar-refractivity contribution >= 4 is 17.6 Å². The van der Waals surface area contributed by atoms with E-state index in [0.717, 1.165) is 4.80 Å². The monoisotopic (exact) mass is 161 g/mol. The highest BCUT2D eigenvalue weighted by Crippen LogP contribution is 2.07. The molecular weight excluding hydrogens is 158 g/mol. The van der Waals surface area contributed by atoms with Crippen LogP contribution in [0.3, 0.4) is 0 Å². The predicted molar refractivity (Wildman–Crippen MR) is 33.0 cm³/mol. The zero-order valence-corrected chi connectivity index (χ0v) is 5.83. The van der Waals surface area contributed by atoms with Crippen LogP contribution in [0.2, 0.25) is 5.15 Å². The molecular formula is C4H4ClN3O2. The molecule has 5 nitrogen and oxygen atoms in total. The molecule has 1 rings (SSSR count). The van der Waals surface area contributed by atoms with E-state index in [9.17, 15) is 4.79 Å². The summed E-state index contributed by atoms with van der Waals surface area (Å²) < 4.78 is 0. The van der Waals surface area contributed by atoms with Crippen molar-refractivity contribution in [1.29, 1.82) is 0 Å². The fourth-order valence-corrected chi connectivity index (χ4v) is 0.742. The summed E-state index contributed by atoms with van der Waals surface area (Å²) in [6.07, 6.45) is 0. The molecule has 1 N–H and O–H groups in total. The lowest BCUT2D eigenvalue weighted by Gasteiger charge is -1.81. The van der Waals surface area contributed by atoms with Gasteiger partial charge in [0, 0.05) is 7.05 Å². The van der Waals surface area contributed by atoms with Gasteiger partial charge in [-0.2, -0.15) is 4.80 Å². The fourth-order valence-electron chi connectivity index (χ4n) is 0.514. The van der Waals surface area contributed by atoms with Crippen molar-refractivity contribution in [3.63, 3.8) is 0 Å². The summed E-state index contributed by atoms with van der Waals surface area (Å²) in [5.41, 5.74) is -0.218. The summed E-state index contributed by atoms with van der Waals surface area (Å²) in [5.74, 6) is -1.17. The Morgan fingerprint density at radius 2 is 2.30 bits per heavy atom. The normalized spacial score (nSPS) is 9.80. The van der Waals surface area contributed by atoms with Crippen LogP contribution in [0, 0.1) is 0 Å². The summed E-state index contributed by atoms with van der Waals surface area (Å²) in [4.78, 5) is 11.3. The number of nitrogens with zero attached hydrogens (tertiary/aromatic N) is 3. The molecule has 0 unspecified atom stereocenters. The zero-order chi connectivity index (χ0) is 7.72. The van der Waals surface area contributed by atoms with Crippen molar-refractivity contribution in [2.24, 2.45) is 7.05 Å². The van der Waals surface area contributed by atoms with Gasteiger partial charge in [-0.05, 0) is 0 Å². The van der Waals surface area contributed by atoms with E-state index in [2.05, 4.69) is 10.2 Å². The number of aromatic nitrogens is 3. The molecule has 0 fully saturated rings. The number of aryl methyl sites for hydroxylation is 1. The SMILES string of the molecule is Cn1nc(Cl)c(C(=O)O)n1. The molecule has 0 aliphatic carbocycles. The molecule has 1 aromatic heterocycles. The number of rotatable bonds is 1. The van der Waals surface area contributed by atoms with E-state index in [1.807, 2.05) is 0 Å². The Balaban J connectivity index is 3.15. The lowest BCUT2D eigenvalue weighted by atomic mass is 10.5. The minimum Gasteiger partial charge on any atom is -0.476 e. The number of hydrogen-bond donors (Lipinski definition) is 1. The van der Waals surface area contributed by atoms with Crippen molar-refractivity contribution in [2.45, 2.75) is 0 Å². The molecule has 6 heteroatoms. The van der Waals surface area contributed by atoms with Crippen LogP contribution in [-0.4, -0.2) is 26.1 Å². The Morgan fingerprint density at radius 3 is 2.50 bits per heavy atom. The van der Waals surface area contributed by atoms with Gasteiger partial charge in [0.25, 0.3) is 0 Å². The van der Waals surface area contributed by atoms with Gasteiger partial charge in [0.15, 0.2) is 5.15 Å². The van der Waals surface area contributed by atoms with Gasteiger partial charge in [-0.25, -0.2) is 4.79 Å². The van der Waals surface area contributed by atoms with Crippen molar-refractivity contribution in [2.75, 3.05) is 0 Å². The highest BCUT2D eigenvalue weighted by atomic mass is 35.5. The van der Waals surface area contributed by atoms with Crippen LogP contribution in [0.5, 0.6) is 0 Å². The van der Waals surface area contributed by atoms with Crippen molar-refractivity contribution in [3.8, 4) is 0 Å². The molecule has 0 radical (unpaired) electrons. The van der Waals surface area contributed by atoms with E-state index < -0.39 is 5.97 Å². The second-order valence-electron chi connectivity index (χ2n) is 1.63. The number of hydrogen-bond acceptors (Lipinski definition) is 3. The summed E-state index contributed by atoms with van der Waals surface area (Å²) in [6, 6.07) is 0. The predicted octanol–water partition coefficient (Wildman–Crippen LogP) is 0.167. The molecule has 1 heterocycles. The van der Waals surface area contributed by atoms with Crippen LogP contribution < -0.4 is 0 Å². The second-order valence-corrected chi connectivity index (χ2v) is 1.99. The molecule has 54 valence electrons. The standard InChI is InChI=1S/C4H4ClN3O2/c1-8-6-2(4(9)10)3(5)7-8/h1H3,(H,9,10). The number of carboxylic acids is 1. The van der Waals surface area contributed by atoms with Crippen molar-refractivity contribution in [1.82, 2.24) is 15.0 Å². The number of aromatic carboxylic acids is 1. The molecule has 0 aliphatic heterocycles. The zero-order valence-electron chi connectivity index (χ0n) is 5.08. The molecule has 0 amide bonds. The van der Waals surface area contributed by atoms with E-state index in [4.69, 9.17) is 16.7 Å². The van der Waals surface area contributed by atoms with Crippen LogP contribution in [0.25, 0.3) is 0 Å². The van der Waals surface area contributed by atoms with Gasteiger partial charge in [0.2, 0.25) is 5.69 Å². The molecule has 10 heavy (non-hydrogen) atoms. The van der Waals surface area contributed by atoms with Crippen LogP contribution in [0.1, 0.15) is 10.5 Å². The van der Waals surface area contributed by atoms with Gasteiger partial charge >= 0.3 is 5.97 Å². The first-order chi connectivity index (χ1) is 4.61. The highest BCUT2D eigenvalue weighted by Gasteiger charge is 2.13. The smallest absolute Gasteiger partial charge is 0.359 e. The third-order valence-corrected chi connectivity index (χ3v) is 1.13. The summed E-state index contributed by atoms with van der Waals surface area (Å²) >= 11 is 5.36. The maximum Gasteiger partial charge on any atom is 0.359 e. The van der Waals surface area contributed by atoms with Crippen molar-refractivity contribution < 1.29 is 9.90 Å². The highest BCUT2D eigenvalue weighted by molar-refractivity contribution is 6.31. The molecule has 0 spiro atoms. The Bertz CT molecular complexity index is 269. The summed E-state index contributed by atoms with van der Waals surface area (Å²) in [6.45, 7) is 0. The first kappa shape index (κ1) is 7.01. The number of carboxylic acid groups (broad SMARTS) is 1. The van der Waals surface area contributed by atoms with E-state index in [1.54, 1.807) is 0 Å². The minimum atomic E-state index is -1.17. The van der Waals surface area contributed by atoms with Crippen LogP contribution >= 0.6 is 11.6 Å². The van der Waals surface area contributed by atoms with Gasteiger partial charge in [0.05, 0.1) is 0 Å². The summed E-state index contributed by atoms with van der Waals surface area (Å²) in [5, 5.41) is 15.3. The topological polar surface area (TPSA) is 68.0 Å². The Kier molecular flexibility index (Phi) is 1.58. The molecule has 0 atom stereocenters. The van der Waals surface area contributed by atoms with Crippen LogP contribution in [0.15, 0.2) is 0 Å². The quantitative estimate of drug-likeness (QED) is 0.638. The molecule has 1 aromatic rings. The van der Waals surface area contributed by atoms with Gasteiger partial charge in [0.1, 0.15) is 0 Å². The van der Waals surface area contributed by atoms with Gasteiger partial charge in [-0.3, -0.25) is 0 Å². The molecule has 0 aromatic carbocycles. The fraction of sp³-hybridized carbons (Fsp3) is 0.250. The summed E-state index contributed by atoms with van der Waals surface area (Å²) in [7, 11) is 1.50. The second kappa shape index (κ2) is 2.26. The number of halogens is 1. The number of carbonyl (C=O) groups is 1. The first-order valence-electron chi connectivity index (χ1n) is 2.41. The Hall–Kier alpha value is -1.10. The van der Waals surface area contributed by atoms with E-state index >= 15 is 0 Å². The first-order valence-corrected chi connectivity index (χ1v) is 2.79. The molecule has 0 aliphatic rings.